The molecule has 2 rings (SSSR count). The summed E-state index contributed by atoms with van der Waals surface area (Å²) in [5, 5.41) is 9.46. The molecule has 2 fully saturated rings. The largest absolute Gasteiger partial charge is 0.393 e. The Morgan fingerprint density at radius 1 is 1.35 bits per heavy atom. The third kappa shape index (κ3) is 2.00. The highest BCUT2D eigenvalue weighted by Gasteiger charge is 2.61. The van der Waals surface area contributed by atoms with Crippen molar-refractivity contribution in [1.82, 2.24) is 0 Å². The average Bonchev–Trinajstić information content (AvgIpc) is 2.67. The van der Waals surface area contributed by atoms with Crippen molar-refractivity contribution in [3.8, 4) is 0 Å². The average molecular weight is 246 g/mol. The van der Waals surface area contributed by atoms with Crippen molar-refractivity contribution >= 4 is 6.29 Å². The standard InChI is InChI=1S/C11H18O6/c1-10(2)15-7-8(14-3)11(6-13,4-5-12)17-9(7)16-10/h5,7-9,13H,4,6H2,1-3H3/t7-,8+,9+,11+/m1/s1. The van der Waals surface area contributed by atoms with E-state index in [0.29, 0.717) is 6.29 Å². The van der Waals surface area contributed by atoms with Crippen molar-refractivity contribution in [2.24, 2.45) is 0 Å². The van der Waals surface area contributed by atoms with E-state index in [0.717, 1.165) is 0 Å². The molecular weight excluding hydrogens is 228 g/mol. The van der Waals surface area contributed by atoms with E-state index in [2.05, 4.69) is 0 Å². The summed E-state index contributed by atoms with van der Waals surface area (Å²) < 4.78 is 22.2. The Morgan fingerprint density at radius 2 is 2.06 bits per heavy atom. The molecule has 1 N–H and O–H groups in total. The summed E-state index contributed by atoms with van der Waals surface area (Å²) in [4.78, 5) is 10.7. The molecule has 2 saturated heterocycles. The Bertz CT molecular complexity index is 304. The van der Waals surface area contributed by atoms with Crippen molar-refractivity contribution in [3.63, 3.8) is 0 Å². The zero-order chi connectivity index (χ0) is 12.7. The Morgan fingerprint density at radius 3 is 2.59 bits per heavy atom. The van der Waals surface area contributed by atoms with Gasteiger partial charge in [-0.25, -0.2) is 0 Å². The van der Waals surface area contributed by atoms with Crippen LogP contribution in [-0.2, 0) is 23.7 Å². The Kier molecular flexibility index (Phi) is 3.26. The first kappa shape index (κ1) is 12.9. The molecule has 98 valence electrons. The topological polar surface area (TPSA) is 74.2 Å². The summed E-state index contributed by atoms with van der Waals surface area (Å²) in [6, 6.07) is 0. The molecule has 2 aliphatic heterocycles. The lowest BCUT2D eigenvalue weighted by atomic mass is 9.93. The molecule has 2 heterocycles. The van der Waals surface area contributed by atoms with Crippen LogP contribution in [0.15, 0.2) is 0 Å². The van der Waals surface area contributed by atoms with Crippen LogP contribution in [0.25, 0.3) is 0 Å². The predicted octanol–water partition coefficient (Wildman–Crippen LogP) is -0.171. The molecule has 0 aromatic heterocycles. The number of aliphatic hydroxyl groups excluding tert-OH is 1. The molecule has 0 radical (unpaired) electrons. The van der Waals surface area contributed by atoms with Crippen molar-refractivity contribution in [3.05, 3.63) is 0 Å². The van der Waals surface area contributed by atoms with Gasteiger partial charge >= 0.3 is 0 Å². The van der Waals surface area contributed by atoms with Gasteiger partial charge in [0.15, 0.2) is 12.1 Å². The second-order valence-corrected chi connectivity index (χ2v) is 4.84. The predicted molar refractivity (Wildman–Crippen MR) is 56.2 cm³/mol. The first-order valence-electron chi connectivity index (χ1n) is 5.59. The molecule has 6 heteroatoms. The smallest absolute Gasteiger partial charge is 0.190 e. The van der Waals surface area contributed by atoms with Gasteiger partial charge in [-0.1, -0.05) is 0 Å². The molecule has 0 amide bonds. The van der Waals surface area contributed by atoms with E-state index in [-0.39, 0.29) is 13.0 Å². The zero-order valence-corrected chi connectivity index (χ0v) is 10.2. The van der Waals surface area contributed by atoms with Crippen molar-refractivity contribution in [2.45, 2.75) is 50.2 Å². The van der Waals surface area contributed by atoms with E-state index in [1.807, 2.05) is 0 Å². The van der Waals surface area contributed by atoms with Crippen molar-refractivity contribution in [1.29, 1.82) is 0 Å². The third-order valence-corrected chi connectivity index (χ3v) is 3.21. The summed E-state index contributed by atoms with van der Waals surface area (Å²) in [6.45, 7) is 3.24. The van der Waals surface area contributed by atoms with Crippen LogP contribution in [0.4, 0.5) is 0 Å². The molecule has 6 nitrogen and oxygen atoms in total. The lowest BCUT2D eigenvalue weighted by Gasteiger charge is -2.33. The van der Waals surface area contributed by atoms with E-state index in [1.165, 1.54) is 7.11 Å². The summed E-state index contributed by atoms with van der Waals surface area (Å²) in [7, 11) is 1.50. The number of hydrogen-bond donors (Lipinski definition) is 1. The normalized spacial score (nSPS) is 43.6. The fourth-order valence-electron chi connectivity index (χ4n) is 2.50. The number of carbonyl (C=O) groups excluding carboxylic acids is 1. The van der Waals surface area contributed by atoms with Gasteiger partial charge in [-0.2, -0.15) is 0 Å². The Hall–Kier alpha value is -0.530. The third-order valence-electron chi connectivity index (χ3n) is 3.21. The van der Waals surface area contributed by atoms with Crippen molar-refractivity contribution in [2.75, 3.05) is 13.7 Å². The molecule has 0 bridgehead atoms. The number of carbonyl (C=O) groups is 1. The lowest BCUT2D eigenvalue weighted by Crippen LogP contribution is -2.49. The molecular formula is C11H18O6. The van der Waals surface area contributed by atoms with E-state index in [1.54, 1.807) is 13.8 Å². The van der Waals surface area contributed by atoms with Crippen LogP contribution in [0.1, 0.15) is 20.3 Å². The van der Waals surface area contributed by atoms with E-state index in [9.17, 15) is 9.90 Å². The van der Waals surface area contributed by atoms with Crippen LogP contribution in [0.5, 0.6) is 0 Å². The minimum atomic E-state index is -1.07. The Labute approximate surface area is 99.8 Å². The van der Waals surface area contributed by atoms with Crippen LogP contribution in [0.3, 0.4) is 0 Å². The van der Waals surface area contributed by atoms with Gasteiger partial charge in [-0.15, -0.1) is 0 Å². The van der Waals surface area contributed by atoms with E-state index < -0.39 is 29.9 Å². The van der Waals surface area contributed by atoms with Gasteiger partial charge in [0, 0.05) is 13.5 Å². The second kappa shape index (κ2) is 4.29. The van der Waals surface area contributed by atoms with E-state index >= 15 is 0 Å². The van der Waals surface area contributed by atoms with Crippen LogP contribution < -0.4 is 0 Å². The number of ether oxygens (including phenoxy) is 4. The van der Waals surface area contributed by atoms with Crippen LogP contribution >= 0.6 is 0 Å². The number of aldehydes is 1. The molecule has 0 unspecified atom stereocenters. The highest BCUT2D eigenvalue weighted by Crippen LogP contribution is 2.44. The second-order valence-electron chi connectivity index (χ2n) is 4.84. The molecule has 2 aliphatic rings. The number of hydrogen-bond acceptors (Lipinski definition) is 6. The highest BCUT2D eigenvalue weighted by molar-refractivity contribution is 5.52. The molecule has 0 aromatic rings. The Balaban J connectivity index is 2.22. The summed E-state index contributed by atoms with van der Waals surface area (Å²) in [5.41, 5.74) is -1.07. The maximum Gasteiger partial charge on any atom is 0.190 e. The maximum atomic E-state index is 10.7. The van der Waals surface area contributed by atoms with Gasteiger partial charge in [0.2, 0.25) is 0 Å². The van der Waals surface area contributed by atoms with Crippen molar-refractivity contribution < 1.29 is 28.8 Å². The molecule has 17 heavy (non-hydrogen) atoms. The quantitative estimate of drug-likeness (QED) is 0.694. The number of aliphatic hydroxyl groups is 1. The van der Waals surface area contributed by atoms with Gasteiger partial charge in [0.25, 0.3) is 0 Å². The van der Waals surface area contributed by atoms with Gasteiger partial charge in [-0.05, 0) is 13.8 Å². The zero-order valence-electron chi connectivity index (χ0n) is 10.2. The van der Waals surface area contributed by atoms with Gasteiger partial charge in [0.1, 0.15) is 24.1 Å². The van der Waals surface area contributed by atoms with E-state index in [4.69, 9.17) is 18.9 Å². The number of fused-ring (bicyclic) bond motifs is 1. The van der Waals surface area contributed by atoms with Crippen LogP contribution in [-0.4, -0.2) is 55.0 Å². The lowest BCUT2D eigenvalue weighted by molar-refractivity contribution is -0.247. The minimum absolute atomic E-state index is 0.0438. The highest BCUT2D eigenvalue weighted by atomic mass is 16.8. The van der Waals surface area contributed by atoms with Gasteiger partial charge < -0.3 is 28.8 Å². The SMILES string of the molecule is CO[C@H]1[C@H]2OC(C)(C)O[C@H]2O[C@]1(CO)CC=O. The fraction of sp³-hybridized carbons (Fsp3) is 0.909. The molecule has 0 saturated carbocycles. The fourth-order valence-corrected chi connectivity index (χ4v) is 2.50. The van der Waals surface area contributed by atoms with Crippen LogP contribution in [0, 0.1) is 0 Å². The molecule has 0 aliphatic carbocycles. The first-order valence-corrected chi connectivity index (χ1v) is 5.59. The molecule has 0 spiro atoms. The minimum Gasteiger partial charge on any atom is -0.393 e. The number of rotatable bonds is 4. The van der Waals surface area contributed by atoms with Gasteiger partial charge in [-0.3, -0.25) is 0 Å². The first-order chi connectivity index (χ1) is 7.98. The molecule has 4 atom stereocenters. The monoisotopic (exact) mass is 246 g/mol. The molecule has 0 aromatic carbocycles. The summed E-state index contributed by atoms with van der Waals surface area (Å²) in [6.07, 6.45) is -0.815. The maximum absolute atomic E-state index is 10.7. The summed E-state index contributed by atoms with van der Waals surface area (Å²) in [5.74, 6) is -0.741. The number of methoxy groups -OCH3 is 1. The van der Waals surface area contributed by atoms with Gasteiger partial charge in [0.05, 0.1) is 6.61 Å². The summed E-state index contributed by atoms with van der Waals surface area (Å²) >= 11 is 0. The van der Waals surface area contributed by atoms with Crippen LogP contribution in [0.2, 0.25) is 0 Å².